The van der Waals surface area contributed by atoms with Crippen LogP contribution in [0.5, 0.6) is 5.75 Å². The maximum Gasteiger partial charge on any atom is 0.122 e. The predicted octanol–water partition coefficient (Wildman–Crippen LogP) is 4.06. The Hall–Kier alpha value is -1.09. The van der Waals surface area contributed by atoms with E-state index < -0.39 is 0 Å². The molecule has 0 amide bonds. The average Bonchev–Trinajstić information content (AvgIpc) is 2.33. The van der Waals surface area contributed by atoms with Gasteiger partial charge in [0.1, 0.15) is 5.75 Å². The first-order valence-corrected chi connectivity index (χ1v) is 7.35. The van der Waals surface area contributed by atoms with Crippen LogP contribution in [0, 0.1) is 5.92 Å². The van der Waals surface area contributed by atoms with E-state index in [1.807, 2.05) is 0 Å². The lowest BCUT2D eigenvalue weighted by Crippen LogP contribution is -2.09. The molecule has 0 saturated carbocycles. The van der Waals surface area contributed by atoms with Gasteiger partial charge in [0.05, 0.1) is 11.6 Å². The van der Waals surface area contributed by atoms with Gasteiger partial charge < -0.3 is 10.5 Å². The first-order chi connectivity index (χ1) is 8.90. The molecule has 1 rings (SSSR count). The number of ether oxygens (including phenoxy) is 1. The second kappa shape index (κ2) is 7.49. The van der Waals surface area contributed by atoms with E-state index in [1.54, 1.807) is 0 Å². The third-order valence-corrected chi connectivity index (χ3v) is 3.13. The van der Waals surface area contributed by atoms with E-state index >= 15 is 0 Å². The first-order valence-electron chi connectivity index (χ1n) is 6.94. The van der Waals surface area contributed by atoms with Gasteiger partial charge in [0, 0.05) is 6.42 Å². The molecule has 0 fully saturated rings. The molecule has 1 aromatic rings. The Morgan fingerprint density at radius 1 is 1.26 bits per heavy atom. The van der Waals surface area contributed by atoms with Crippen molar-refractivity contribution in [1.29, 1.82) is 0 Å². The fraction of sp³-hybridized carbons (Fsp3) is 0.562. The van der Waals surface area contributed by atoms with E-state index in [1.165, 1.54) is 11.1 Å². The number of aryl methyl sites for hydroxylation is 1. The molecule has 0 bridgehead atoms. The number of rotatable bonds is 7. The summed E-state index contributed by atoms with van der Waals surface area (Å²) in [7, 11) is 0. The second-order valence-corrected chi connectivity index (χ2v) is 6.22. The lowest BCUT2D eigenvalue weighted by molar-refractivity contribution is 0.267. The van der Waals surface area contributed by atoms with E-state index in [0.29, 0.717) is 16.8 Å². The van der Waals surface area contributed by atoms with Crippen LogP contribution in [0.15, 0.2) is 18.2 Å². The maximum atomic E-state index is 5.89. The van der Waals surface area contributed by atoms with Gasteiger partial charge in [-0.3, -0.25) is 0 Å². The van der Waals surface area contributed by atoms with E-state index in [0.717, 1.165) is 25.2 Å². The monoisotopic (exact) mass is 279 g/mol. The Morgan fingerprint density at radius 2 is 1.95 bits per heavy atom. The molecule has 0 atom stereocenters. The smallest absolute Gasteiger partial charge is 0.122 e. The molecule has 19 heavy (non-hydrogen) atoms. The van der Waals surface area contributed by atoms with Crippen molar-refractivity contribution < 1.29 is 4.74 Å². The third-order valence-electron chi connectivity index (χ3n) is 2.93. The zero-order valence-electron chi connectivity index (χ0n) is 12.4. The molecule has 1 aromatic carbocycles. The molecule has 0 heterocycles. The van der Waals surface area contributed by atoms with Crippen molar-refractivity contribution in [2.75, 3.05) is 6.61 Å². The van der Waals surface area contributed by atoms with Crippen LogP contribution in [0.3, 0.4) is 0 Å². The second-order valence-electron chi connectivity index (χ2n) is 5.70. The molecule has 0 aliphatic rings. The van der Waals surface area contributed by atoms with Crippen LogP contribution in [0.2, 0.25) is 0 Å². The predicted molar refractivity (Wildman–Crippen MR) is 86.0 cm³/mol. The highest BCUT2D eigenvalue weighted by Crippen LogP contribution is 2.28. The molecular formula is C16H25NOS. The van der Waals surface area contributed by atoms with Crippen molar-refractivity contribution in [1.82, 2.24) is 0 Å². The van der Waals surface area contributed by atoms with Crippen LogP contribution in [-0.2, 0) is 6.42 Å². The summed E-state index contributed by atoms with van der Waals surface area (Å²) in [6, 6.07) is 6.41. The number of benzene rings is 1. The third kappa shape index (κ3) is 5.60. The highest BCUT2D eigenvalue weighted by atomic mass is 32.1. The molecule has 106 valence electrons. The van der Waals surface area contributed by atoms with Crippen LogP contribution in [-0.4, -0.2) is 11.6 Å². The molecule has 0 aromatic heterocycles. The summed E-state index contributed by atoms with van der Waals surface area (Å²) < 4.78 is 5.89. The summed E-state index contributed by atoms with van der Waals surface area (Å²) in [6.07, 6.45) is 1.67. The number of nitrogens with two attached hydrogens (primary N) is 1. The van der Waals surface area contributed by atoms with Gasteiger partial charge in [-0.2, -0.15) is 0 Å². The largest absolute Gasteiger partial charge is 0.493 e. The van der Waals surface area contributed by atoms with E-state index in [-0.39, 0.29) is 0 Å². The number of hydrogen-bond acceptors (Lipinski definition) is 2. The van der Waals surface area contributed by atoms with Crippen molar-refractivity contribution in [2.45, 2.75) is 46.5 Å². The Morgan fingerprint density at radius 3 is 2.47 bits per heavy atom. The van der Waals surface area contributed by atoms with Crippen LogP contribution >= 0.6 is 12.2 Å². The van der Waals surface area contributed by atoms with Gasteiger partial charge in [0.2, 0.25) is 0 Å². The van der Waals surface area contributed by atoms with Gasteiger partial charge in [-0.1, -0.05) is 52.0 Å². The first kappa shape index (κ1) is 16.0. The minimum Gasteiger partial charge on any atom is -0.493 e. The average molecular weight is 279 g/mol. The van der Waals surface area contributed by atoms with E-state index in [2.05, 4.69) is 45.9 Å². The number of hydrogen-bond donors (Lipinski definition) is 1. The maximum absolute atomic E-state index is 5.89. The molecular weight excluding hydrogens is 254 g/mol. The van der Waals surface area contributed by atoms with Gasteiger partial charge in [-0.05, 0) is 35.4 Å². The molecule has 0 unspecified atom stereocenters. The molecule has 2 nitrogen and oxygen atoms in total. The summed E-state index contributed by atoms with van der Waals surface area (Å²) in [5, 5.41) is 0. The normalized spacial score (nSPS) is 11.1. The highest BCUT2D eigenvalue weighted by Gasteiger charge is 2.10. The Bertz CT molecular complexity index is 427. The van der Waals surface area contributed by atoms with Crippen molar-refractivity contribution in [3.63, 3.8) is 0 Å². The SMILES string of the molecule is CC(C)COc1ccc(CCC(N)=S)cc1C(C)C. The zero-order valence-corrected chi connectivity index (χ0v) is 13.2. The van der Waals surface area contributed by atoms with Crippen molar-refractivity contribution in [3.05, 3.63) is 29.3 Å². The minimum atomic E-state index is 0.451. The summed E-state index contributed by atoms with van der Waals surface area (Å²) in [6.45, 7) is 9.45. The van der Waals surface area contributed by atoms with Gasteiger partial charge in [0.25, 0.3) is 0 Å². The van der Waals surface area contributed by atoms with Crippen molar-refractivity contribution in [2.24, 2.45) is 11.7 Å². The zero-order chi connectivity index (χ0) is 14.4. The van der Waals surface area contributed by atoms with Gasteiger partial charge >= 0.3 is 0 Å². The molecule has 0 aliphatic heterocycles. The standard InChI is InChI=1S/C16H25NOS/c1-11(2)10-18-15-7-5-13(6-8-16(17)19)9-14(15)12(3)4/h5,7,9,11-12H,6,8,10H2,1-4H3,(H2,17,19). The summed E-state index contributed by atoms with van der Waals surface area (Å²) in [5.41, 5.74) is 8.09. The minimum absolute atomic E-state index is 0.451. The lowest BCUT2D eigenvalue weighted by atomic mass is 9.97. The lowest BCUT2D eigenvalue weighted by Gasteiger charge is -2.17. The van der Waals surface area contributed by atoms with E-state index in [4.69, 9.17) is 22.7 Å². The molecule has 3 heteroatoms. The van der Waals surface area contributed by atoms with Crippen molar-refractivity contribution >= 4 is 17.2 Å². The molecule has 0 spiro atoms. The number of thiocarbonyl (C=S) groups is 1. The van der Waals surface area contributed by atoms with Crippen LogP contribution < -0.4 is 10.5 Å². The molecule has 2 N–H and O–H groups in total. The molecule has 0 aliphatic carbocycles. The summed E-state index contributed by atoms with van der Waals surface area (Å²) in [5.74, 6) is 1.99. The van der Waals surface area contributed by atoms with Gasteiger partial charge in [-0.15, -0.1) is 0 Å². The quantitative estimate of drug-likeness (QED) is 0.764. The van der Waals surface area contributed by atoms with Crippen molar-refractivity contribution in [3.8, 4) is 5.75 Å². The fourth-order valence-electron chi connectivity index (χ4n) is 1.86. The molecule has 0 saturated heterocycles. The topological polar surface area (TPSA) is 35.2 Å². The Labute approximate surface area is 122 Å². The Balaban J connectivity index is 2.84. The van der Waals surface area contributed by atoms with Crippen LogP contribution in [0.4, 0.5) is 0 Å². The van der Waals surface area contributed by atoms with Crippen LogP contribution in [0.1, 0.15) is 51.2 Å². The van der Waals surface area contributed by atoms with Crippen LogP contribution in [0.25, 0.3) is 0 Å². The summed E-state index contributed by atoms with van der Waals surface area (Å²) in [4.78, 5) is 0.575. The van der Waals surface area contributed by atoms with E-state index in [9.17, 15) is 0 Å². The summed E-state index contributed by atoms with van der Waals surface area (Å²) >= 11 is 4.93. The highest BCUT2D eigenvalue weighted by molar-refractivity contribution is 7.80. The van der Waals surface area contributed by atoms with Gasteiger partial charge in [-0.25, -0.2) is 0 Å². The van der Waals surface area contributed by atoms with Gasteiger partial charge in [0.15, 0.2) is 0 Å². The molecule has 0 radical (unpaired) electrons. The Kier molecular flexibility index (Phi) is 6.29. The fourth-order valence-corrected chi connectivity index (χ4v) is 1.96.